The average Bonchev–Trinajstić information content (AvgIpc) is 3.16. The molecule has 0 aromatic carbocycles. The molecule has 2 rings (SSSR count). The van der Waals surface area contributed by atoms with Gasteiger partial charge in [0.25, 0.3) is 0 Å². The smallest absolute Gasteiger partial charge is 0.333 e. The van der Waals surface area contributed by atoms with Crippen LogP contribution in [0.5, 0.6) is 0 Å². The van der Waals surface area contributed by atoms with E-state index in [0.29, 0.717) is 0 Å². The summed E-state index contributed by atoms with van der Waals surface area (Å²) < 4.78 is 42.3. The van der Waals surface area contributed by atoms with E-state index in [9.17, 15) is 38.4 Å². The second kappa shape index (κ2) is 27.2. The lowest BCUT2D eigenvalue weighted by Crippen LogP contribution is -2.57. The molecule has 2 heterocycles. The maximum Gasteiger partial charge on any atom is 0.333 e. The van der Waals surface area contributed by atoms with Crippen molar-refractivity contribution in [1.82, 2.24) is 0 Å². The topological polar surface area (TPSA) is 251 Å². The first kappa shape index (κ1) is 53.7. The average molecular weight is 821 g/mol. The van der Waals surface area contributed by atoms with Crippen molar-refractivity contribution in [1.29, 1.82) is 0 Å². The number of carbonyl (C=O) groups excluding carboxylic acids is 6. The van der Waals surface area contributed by atoms with Gasteiger partial charge in [0.2, 0.25) is 0 Å². The van der Waals surface area contributed by atoms with Gasteiger partial charge in [-0.25, -0.2) is 38.4 Å². The Morgan fingerprint density at radius 1 is 0.483 bits per heavy atom. The van der Waals surface area contributed by atoms with Crippen LogP contribution in [0.4, 0.5) is 0 Å². The van der Waals surface area contributed by atoms with Crippen LogP contribution in [0.15, 0.2) is 99.2 Å². The highest BCUT2D eigenvalue weighted by atomic mass is 16.7. The number of rotatable bonds is 14. The molecule has 0 aromatic rings. The summed E-state index contributed by atoms with van der Waals surface area (Å²) in [6.07, 6.45) is -3.29. The number of hydrogen-bond acceptors (Lipinski definition) is 16. The SMILES string of the molecule is C=C(C)C(=O)O.C=C(C)C(=O)O[C@H]1[C@H](OC(=O)C(=C)C)C(C)OC[C@H]1OC(=O)C(=C)C.C=CC(=O)O.C=CC(=O)O[C@H]1[C@H](OC(=O)C=C)C(C)OC[C@H]1OC(=O)C=C. The first-order chi connectivity index (χ1) is 26.9. The second-order valence-corrected chi connectivity index (χ2v) is 12.1. The van der Waals surface area contributed by atoms with Crippen LogP contribution in [0.1, 0.15) is 41.5 Å². The van der Waals surface area contributed by atoms with E-state index in [1.165, 1.54) is 27.7 Å². The minimum Gasteiger partial charge on any atom is -0.478 e. The van der Waals surface area contributed by atoms with Crippen molar-refractivity contribution in [2.75, 3.05) is 13.2 Å². The van der Waals surface area contributed by atoms with E-state index in [0.717, 1.165) is 24.3 Å². The lowest BCUT2D eigenvalue weighted by Gasteiger charge is -2.39. The van der Waals surface area contributed by atoms with Gasteiger partial charge in [0.05, 0.1) is 25.4 Å². The highest BCUT2D eigenvalue weighted by Gasteiger charge is 2.47. The van der Waals surface area contributed by atoms with E-state index >= 15 is 0 Å². The number of hydrogen-bond donors (Lipinski definition) is 2. The van der Waals surface area contributed by atoms with Gasteiger partial charge in [-0.15, -0.1) is 0 Å². The summed E-state index contributed by atoms with van der Waals surface area (Å²) in [6.45, 7) is 35.7. The summed E-state index contributed by atoms with van der Waals surface area (Å²) in [5.41, 5.74) is 0.696. The highest BCUT2D eigenvalue weighted by molar-refractivity contribution is 5.89. The fraction of sp³-hybridized carbons (Fsp3) is 0.400. The van der Waals surface area contributed by atoms with Gasteiger partial charge in [0.1, 0.15) is 0 Å². The van der Waals surface area contributed by atoms with Gasteiger partial charge in [0, 0.05) is 46.6 Å². The van der Waals surface area contributed by atoms with Crippen LogP contribution < -0.4 is 0 Å². The van der Waals surface area contributed by atoms with Crippen molar-refractivity contribution in [2.45, 2.75) is 90.4 Å². The zero-order chi connectivity index (χ0) is 45.4. The predicted molar refractivity (Wildman–Crippen MR) is 205 cm³/mol. The van der Waals surface area contributed by atoms with Crippen molar-refractivity contribution >= 4 is 47.8 Å². The third kappa shape index (κ3) is 20.5. The van der Waals surface area contributed by atoms with E-state index in [-0.39, 0.29) is 35.5 Å². The van der Waals surface area contributed by atoms with E-state index in [2.05, 4.69) is 52.6 Å². The third-order valence-corrected chi connectivity index (χ3v) is 6.95. The summed E-state index contributed by atoms with van der Waals surface area (Å²) in [7, 11) is 0. The van der Waals surface area contributed by atoms with Gasteiger partial charge >= 0.3 is 47.8 Å². The molecular weight excluding hydrogens is 768 g/mol. The van der Waals surface area contributed by atoms with Gasteiger partial charge in [0.15, 0.2) is 36.6 Å². The maximum absolute atomic E-state index is 12.0. The minimum absolute atomic E-state index is 0.0159. The Balaban J connectivity index is 0. The van der Waals surface area contributed by atoms with Crippen LogP contribution in [0.3, 0.4) is 0 Å². The molecule has 0 radical (unpaired) electrons. The molecule has 0 spiro atoms. The number of esters is 6. The first-order valence-electron chi connectivity index (χ1n) is 16.9. The molecule has 320 valence electrons. The molecule has 2 unspecified atom stereocenters. The molecule has 0 bridgehead atoms. The molecule has 0 saturated carbocycles. The molecule has 2 saturated heterocycles. The molecule has 18 nitrogen and oxygen atoms in total. The zero-order valence-electron chi connectivity index (χ0n) is 33.4. The summed E-state index contributed by atoms with van der Waals surface area (Å²) in [6, 6.07) is 0. The molecule has 2 aliphatic rings. The quantitative estimate of drug-likeness (QED) is 0.145. The van der Waals surface area contributed by atoms with Crippen LogP contribution >= 0.6 is 0 Å². The molecule has 0 amide bonds. The van der Waals surface area contributed by atoms with Gasteiger partial charge in [-0.1, -0.05) is 52.6 Å². The van der Waals surface area contributed by atoms with Crippen molar-refractivity contribution in [3.63, 3.8) is 0 Å². The number of carbonyl (C=O) groups is 8. The van der Waals surface area contributed by atoms with Gasteiger partial charge in [-0.05, 0) is 41.5 Å². The van der Waals surface area contributed by atoms with Gasteiger partial charge < -0.3 is 48.1 Å². The molecule has 0 aromatic heterocycles. The van der Waals surface area contributed by atoms with Crippen LogP contribution in [-0.4, -0.2) is 120 Å². The lowest BCUT2D eigenvalue weighted by atomic mass is 10.00. The normalized spacial score (nSPS) is 22.6. The Bertz CT molecular complexity index is 1610. The number of carboxylic acid groups (broad SMARTS) is 2. The molecule has 2 N–H and O–H groups in total. The molecule has 0 aliphatic carbocycles. The Morgan fingerprint density at radius 3 is 1.09 bits per heavy atom. The maximum atomic E-state index is 12.0. The monoisotopic (exact) mass is 820 g/mol. The Kier molecular flexibility index (Phi) is 25.2. The van der Waals surface area contributed by atoms with Crippen LogP contribution in [0, 0.1) is 0 Å². The van der Waals surface area contributed by atoms with E-state index in [1.807, 2.05) is 0 Å². The van der Waals surface area contributed by atoms with Crippen molar-refractivity contribution < 1.29 is 86.5 Å². The van der Waals surface area contributed by atoms with E-state index in [4.69, 9.17) is 48.1 Å². The molecule has 18 heteroatoms. The minimum atomic E-state index is -1.04. The number of ether oxygens (including phenoxy) is 8. The largest absolute Gasteiger partial charge is 0.478 e. The number of carboxylic acids is 2. The van der Waals surface area contributed by atoms with E-state index < -0.39 is 96.6 Å². The van der Waals surface area contributed by atoms with Crippen LogP contribution in [0.25, 0.3) is 0 Å². The molecular formula is C40H52O18. The number of aliphatic carboxylic acids is 2. The molecule has 8 atom stereocenters. The molecule has 58 heavy (non-hydrogen) atoms. The highest BCUT2D eigenvalue weighted by Crippen LogP contribution is 2.26. The summed E-state index contributed by atoms with van der Waals surface area (Å²) in [5, 5.41) is 15.5. The van der Waals surface area contributed by atoms with Crippen LogP contribution in [0.2, 0.25) is 0 Å². The second-order valence-electron chi connectivity index (χ2n) is 12.1. The molecule has 2 fully saturated rings. The zero-order valence-corrected chi connectivity index (χ0v) is 33.4. The Morgan fingerprint density at radius 2 is 0.759 bits per heavy atom. The van der Waals surface area contributed by atoms with Gasteiger partial charge in [-0.3, -0.25) is 0 Å². The predicted octanol–water partition coefficient (Wildman–Crippen LogP) is 3.47. The fourth-order valence-electron chi connectivity index (χ4n) is 3.89. The molecule has 2 aliphatic heterocycles. The van der Waals surface area contributed by atoms with E-state index in [1.54, 1.807) is 13.8 Å². The standard InChI is InChI=1S/C18H24O7.C15H18O7.C4H6O2.C3H4O2/c1-9(2)16(19)23-13-8-22-12(7)14(24-17(20)10(3)4)15(13)25-18(21)11(5)6;1-5-11(16)20-10-8-19-9(4)14(21-12(17)6-2)15(10)22-13(18)7-3;1-3(2)4(5)6;1-2-3(4)5/h12-15H,1,3,5,8H2,2,4,6-7H3;5-7,9-10,14-15H,1-3,8H2,4H3;1H2,2H3,(H,5,6);2H,1H2,(H,4,5)/t12?,13-,14-,15-;9?,10-,14-,15-;;/m11../s1. The summed E-state index contributed by atoms with van der Waals surface area (Å²) in [5.74, 6) is -6.09. The van der Waals surface area contributed by atoms with Crippen LogP contribution in [-0.2, 0) is 76.3 Å². The van der Waals surface area contributed by atoms with Crippen molar-refractivity contribution in [3.8, 4) is 0 Å². The van der Waals surface area contributed by atoms with Crippen molar-refractivity contribution in [3.05, 3.63) is 99.2 Å². The Hall–Kier alpha value is -6.40. The first-order valence-corrected chi connectivity index (χ1v) is 16.9. The summed E-state index contributed by atoms with van der Waals surface area (Å²) in [4.78, 5) is 88.8. The Labute approximate surface area is 336 Å². The van der Waals surface area contributed by atoms with Gasteiger partial charge in [-0.2, -0.15) is 0 Å². The fourth-order valence-corrected chi connectivity index (χ4v) is 3.89. The third-order valence-electron chi connectivity index (χ3n) is 6.95. The summed E-state index contributed by atoms with van der Waals surface area (Å²) >= 11 is 0. The van der Waals surface area contributed by atoms with Crippen molar-refractivity contribution in [2.24, 2.45) is 0 Å². The lowest BCUT2D eigenvalue weighted by molar-refractivity contribution is -0.221.